The lowest BCUT2D eigenvalue weighted by molar-refractivity contribution is 0.0949. The molecule has 0 aliphatic carbocycles. The summed E-state index contributed by atoms with van der Waals surface area (Å²) in [5, 5.41) is 12.4. The highest BCUT2D eigenvalue weighted by Gasteiger charge is 2.17. The third kappa shape index (κ3) is 3.30. The number of hydrogen-bond acceptors (Lipinski definition) is 4. The average Bonchev–Trinajstić information content (AvgIpc) is 2.52. The molecule has 2 rings (SSSR count). The molecule has 0 saturated carbocycles. The van der Waals surface area contributed by atoms with Gasteiger partial charge in [0.15, 0.2) is 5.69 Å². The Hall–Kier alpha value is -1.88. The van der Waals surface area contributed by atoms with Crippen LogP contribution in [0.4, 0.5) is 5.69 Å². The highest BCUT2D eigenvalue weighted by Crippen LogP contribution is 2.30. The van der Waals surface area contributed by atoms with Crippen LogP contribution in [0.3, 0.4) is 0 Å². The van der Waals surface area contributed by atoms with Gasteiger partial charge >= 0.3 is 0 Å². The van der Waals surface area contributed by atoms with E-state index in [4.69, 9.17) is 17.3 Å². The molecule has 5 nitrogen and oxygen atoms in total. The maximum Gasteiger partial charge on any atom is 0.273 e. The van der Waals surface area contributed by atoms with Crippen LogP contribution in [0.1, 0.15) is 49.2 Å². The lowest BCUT2D eigenvalue weighted by Gasteiger charge is -2.11. The maximum atomic E-state index is 12.1. The molecule has 1 aromatic heterocycles. The second-order valence-electron chi connectivity index (χ2n) is 5.24. The van der Waals surface area contributed by atoms with E-state index in [-0.39, 0.29) is 11.6 Å². The van der Waals surface area contributed by atoms with Gasteiger partial charge in [0.1, 0.15) is 0 Å². The Morgan fingerprint density at radius 3 is 2.73 bits per heavy atom. The number of nitrogens with zero attached hydrogens (tertiary/aromatic N) is 2. The summed E-state index contributed by atoms with van der Waals surface area (Å²) in [6.07, 6.45) is 3.75. The molecule has 22 heavy (non-hydrogen) atoms. The van der Waals surface area contributed by atoms with E-state index in [0.29, 0.717) is 22.8 Å². The van der Waals surface area contributed by atoms with Gasteiger partial charge in [0.05, 0.1) is 11.2 Å². The highest BCUT2D eigenvalue weighted by molar-refractivity contribution is 6.32. The van der Waals surface area contributed by atoms with Crippen molar-refractivity contribution in [3.05, 3.63) is 28.4 Å². The van der Waals surface area contributed by atoms with Crippen molar-refractivity contribution in [3.8, 4) is 0 Å². The molecule has 0 saturated heterocycles. The van der Waals surface area contributed by atoms with Crippen LogP contribution in [0.5, 0.6) is 0 Å². The van der Waals surface area contributed by atoms with Crippen molar-refractivity contribution in [2.45, 2.75) is 39.5 Å². The first-order valence-electron chi connectivity index (χ1n) is 7.61. The van der Waals surface area contributed by atoms with Crippen molar-refractivity contribution in [3.63, 3.8) is 0 Å². The number of unbranched alkanes of at least 4 members (excludes halogenated alkanes) is 1. The number of aromatic nitrogens is 2. The number of anilines is 1. The number of fused-ring (bicyclic) bond motifs is 1. The monoisotopic (exact) mass is 320 g/mol. The standard InChI is InChI=1S/C16H21ClN4O/c1-3-5-6-10-12(17)8-7-11-13(18)15(21-20-14(10)11)16(22)19-9-4-2/h7-8H,3-6,9H2,1-2H3,(H2,18,20)(H,19,22). The zero-order valence-electron chi connectivity index (χ0n) is 12.9. The van der Waals surface area contributed by atoms with Gasteiger partial charge in [0.25, 0.3) is 5.91 Å². The lowest BCUT2D eigenvalue weighted by Crippen LogP contribution is -2.26. The summed E-state index contributed by atoms with van der Waals surface area (Å²) < 4.78 is 0. The SMILES string of the molecule is CCCCc1c(Cl)ccc2c(N)c(C(=O)NCCC)nnc12. The molecular weight excluding hydrogens is 300 g/mol. The van der Waals surface area contributed by atoms with Crippen LogP contribution in [0.15, 0.2) is 12.1 Å². The number of rotatable bonds is 6. The number of aryl methyl sites for hydroxylation is 1. The van der Waals surface area contributed by atoms with Crippen LogP contribution >= 0.6 is 11.6 Å². The first-order chi connectivity index (χ1) is 10.6. The van der Waals surface area contributed by atoms with Gasteiger partial charge in [-0.1, -0.05) is 31.9 Å². The molecule has 2 aromatic rings. The third-order valence-corrected chi connectivity index (χ3v) is 3.91. The Bertz CT molecular complexity index is 687. The van der Waals surface area contributed by atoms with Gasteiger partial charge in [0.2, 0.25) is 0 Å². The molecule has 0 unspecified atom stereocenters. The van der Waals surface area contributed by atoms with E-state index in [1.807, 2.05) is 6.92 Å². The number of nitrogens with one attached hydrogen (secondary N) is 1. The summed E-state index contributed by atoms with van der Waals surface area (Å²) in [6.45, 7) is 4.69. The Balaban J connectivity index is 2.48. The van der Waals surface area contributed by atoms with Crippen LogP contribution in [0, 0.1) is 0 Å². The summed E-state index contributed by atoms with van der Waals surface area (Å²) in [5.41, 5.74) is 8.29. The van der Waals surface area contributed by atoms with E-state index < -0.39 is 0 Å². The number of nitrogen functional groups attached to an aromatic ring is 1. The molecule has 118 valence electrons. The molecule has 1 heterocycles. The molecule has 0 aliphatic rings. The zero-order valence-corrected chi connectivity index (χ0v) is 13.7. The predicted molar refractivity (Wildman–Crippen MR) is 90.2 cm³/mol. The van der Waals surface area contributed by atoms with Crippen molar-refractivity contribution in [1.29, 1.82) is 0 Å². The first-order valence-corrected chi connectivity index (χ1v) is 7.99. The Labute approximate surface area is 135 Å². The van der Waals surface area contributed by atoms with Gasteiger partial charge in [0, 0.05) is 17.0 Å². The van der Waals surface area contributed by atoms with Crippen molar-refractivity contribution >= 4 is 34.1 Å². The van der Waals surface area contributed by atoms with E-state index in [1.165, 1.54) is 0 Å². The molecular formula is C16H21ClN4O. The fourth-order valence-electron chi connectivity index (χ4n) is 2.31. The van der Waals surface area contributed by atoms with Crippen LogP contribution in [0.2, 0.25) is 5.02 Å². The third-order valence-electron chi connectivity index (χ3n) is 3.55. The molecule has 0 spiro atoms. The van der Waals surface area contributed by atoms with Crippen molar-refractivity contribution < 1.29 is 4.79 Å². The summed E-state index contributed by atoms with van der Waals surface area (Å²) in [4.78, 5) is 12.1. The number of halogens is 1. The molecule has 0 bridgehead atoms. The summed E-state index contributed by atoms with van der Waals surface area (Å²) >= 11 is 6.27. The Morgan fingerprint density at radius 2 is 2.05 bits per heavy atom. The minimum atomic E-state index is -0.293. The van der Waals surface area contributed by atoms with Crippen LogP contribution in [-0.2, 0) is 6.42 Å². The second kappa shape index (κ2) is 7.40. The molecule has 0 aliphatic heterocycles. The van der Waals surface area contributed by atoms with E-state index in [9.17, 15) is 4.79 Å². The van der Waals surface area contributed by atoms with Gasteiger partial charge in [-0.25, -0.2) is 0 Å². The maximum absolute atomic E-state index is 12.1. The zero-order chi connectivity index (χ0) is 16.1. The smallest absolute Gasteiger partial charge is 0.273 e. The normalized spacial score (nSPS) is 10.9. The summed E-state index contributed by atoms with van der Waals surface area (Å²) in [6, 6.07) is 3.61. The predicted octanol–water partition coefficient (Wildman–Crippen LogP) is 3.35. The average molecular weight is 321 g/mol. The van der Waals surface area contributed by atoms with Crippen LogP contribution in [0.25, 0.3) is 10.9 Å². The first kappa shape index (κ1) is 16.5. The molecule has 1 amide bonds. The van der Waals surface area contributed by atoms with E-state index in [2.05, 4.69) is 22.4 Å². The van der Waals surface area contributed by atoms with Crippen molar-refractivity contribution in [2.75, 3.05) is 12.3 Å². The number of amides is 1. The highest BCUT2D eigenvalue weighted by atomic mass is 35.5. The molecule has 0 fully saturated rings. The Kier molecular flexibility index (Phi) is 5.55. The number of nitrogens with two attached hydrogens (primary N) is 1. The molecule has 0 atom stereocenters. The summed E-state index contributed by atoms with van der Waals surface area (Å²) in [5.74, 6) is -0.293. The number of carbonyl (C=O) groups excluding carboxylic acids is 1. The second-order valence-corrected chi connectivity index (χ2v) is 5.65. The minimum Gasteiger partial charge on any atom is -0.396 e. The van der Waals surface area contributed by atoms with Gasteiger partial charge in [-0.2, -0.15) is 0 Å². The number of carbonyl (C=O) groups is 1. The Morgan fingerprint density at radius 1 is 1.27 bits per heavy atom. The fourth-order valence-corrected chi connectivity index (χ4v) is 2.55. The number of hydrogen-bond donors (Lipinski definition) is 2. The van der Waals surface area contributed by atoms with E-state index in [1.54, 1.807) is 12.1 Å². The van der Waals surface area contributed by atoms with Crippen molar-refractivity contribution in [2.24, 2.45) is 0 Å². The van der Waals surface area contributed by atoms with Crippen LogP contribution < -0.4 is 11.1 Å². The quantitative estimate of drug-likeness (QED) is 0.855. The van der Waals surface area contributed by atoms with Gasteiger partial charge < -0.3 is 11.1 Å². The minimum absolute atomic E-state index is 0.171. The molecule has 0 radical (unpaired) electrons. The lowest BCUT2D eigenvalue weighted by atomic mass is 10.0. The molecule has 1 aromatic carbocycles. The van der Waals surface area contributed by atoms with Gasteiger partial charge in [-0.05, 0) is 37.0 Å². The van der Waals surface area contributed by atoms with E-state index in [0.717, 1.165) is 36.6 Å². The van der Waals surface area contributed by atoms with Crippen molar-refractivity contribution in [1.82, 2.24) is 15.5 Å². The molecule has 6 heteroatoms. The molecule has 3 N–H and O–H groups in total. The number of benzene rings is 1. The van der Waals surface area contributed by atoms with Gasteiger partial charge in [-0.3, -0.25) is 4.79 Å². The van der Waals surface area contributed by atoms with E-state index >= 15 is 0 Å². The largest absolute Gasteiger partial charge is 0.396 e. The van der Waals surface area contributed by atoms with Gasteiger partial charge in [-0.15, -0.1) is 10.2 Å². The summed E-state index contributed by atoms with van der Waals surface area (Å²) in [7, 11) is 0. The fraction of sp³-hybridized carbons (Fsp3) is 0.438. The van der Waals surface area contributed by atoms with Crippen LogP contribution in [-0.4, -0.2) is 22.6 Å². The topological polar surface area (TPSA) is 80.9 Å².